The molecule has 0 bridgehead atoms. The van der Waals surface area contributed by atoms with Crippen molar-refractivity contribution in [3.8, 4) is 5.69 Å². The van der Waals surface area contributed by atoms with E-state index in [0.717, 1.165) is 5.69 Å². The summed E-state index contributed by atoms with van der Waals surface area (Å²) in [6.45, 7) is 1.68. The Bertz CT molecular complexity index is 732. The number of aromatic nitrogens is 1. The van der Waals surface area contributed by atoms with E-state index >= 15 is 0 Å². The normalized spacial score (nSPS) is 10.7. The van der Waals surface area contributed by atoms with Gasteiger partial charge >= 0.3 is 0 Å². The van der Waals surface area contributed by atoms with E-state index in [2.05, 4.69) is 10.1 Å². The highest BCUT2D eigenvalue weighted by atomic mass is 35.5. The minimum absolute atomic E-state index is 0. The maximum atomic E-state index is 11.8. The molecule has 7 nitrogen and oxygen atoms in total. The summed E-state index contributed by atoms with van der Waals surface area (Å²) >= 11 is 0. The number of nitrogens with two attached hydrogens (primary N) is 2. The van der Waals surface area contributed by atoms with Gasteiger partial charge in [-0.25, -0.2) is 0 Å². The number of halogens is 1. The minimum atomic E-state index is -0.516. The number of hydrogen-bond acceptors (Lipinski definition) is 3. The van der Waals surface area contributed by atoms with Crippen molar-refractivity contribution in [1.82, 2.24) is 4.57 Å². The fraction of sp³-hybridized carbons (Fsp3) is 0.0714. The van der Waals surface area contributed by atoms with E-state index < -0.39 is 5.91 Å². The van der Waals surface area contributed by atoms with Crippen LogP contribution >= 0.6 is 12.4 Å². The van der Waals surface area contributed by atoms with Gasteiger partial charge in [0.2, 0.25) is 0 Å². The van der Waals surface area contributed by atoms with Gasteiger partial charge in [0, 0.05) is 17.4 Å². The van der Waals surface area contributed by atoms with Gasteiger partial charge in [0.15, 0.2) is 5.96 Å². The Balaban J connectivity index is 0.00000242. The van der Waals surface area contributed by atoms with Crippen LogP contribution in [0.3, 0.4) is 0 Å². The SMILES string of the molecule is C/C(=N\O)c1cccn1-c1cccc(C(=O)N=C(N)N)c1.Cl. The van der Waals surface area contributed by atoms with Gasteiger partial charge < -0.3 is 21.2 Å². The van der Waals surface area contributed by atoms with Crippen molar-refractivity contribution in [2.75, 3.05) is 0 Å². The molecule has 8 heteroatoms. The van der Waals surface area contributed by atoms with Gasteiger partial charge in [-0.2, -0.15) is 4.99 Å². The molecule has 0 saturated carbocycles. The van der Waals surface area contributed by atoms with Crippen LogP contribution in [-0.2, 0) is 0 Å². The Hall–Kier alpha value is -2.80. The molecule has 116 valence electrons. The minimum Gasteiger partial charge on any atom is -0.411 e. The first-order valence-corrected chi connectivity index (χ1v) is 6.13. The van der Waals surface area contributed by atoms with Gasteiger partial charge in [-0.05, 0) is 37.3 Å². The third-order valence-corrected chi connectivity index (χ3v) is 2.87. The first kappa shape index (κ1) is 17.3. The fourth-order valence-corrected chi connectivity index (χ4v) is 1.92. The Morgan fingerprint density at radius 2 is 1.95 bits per heavy atom. The molecule has 0 aliphatic carbocycles. The smallest absolute Gasteiger partial charge is 0.280 e. The van der Waals surface area contributed by atoms with E-state index in [1.165, 1.54) is 0 Å². The molecule has 0 spiro atoms. The number of hydrogen-bond donors (Lipinski definition) is 3. The van der Waals surface area contributed by atoms with Crippen LogP contribution in [0.5, 0.6) is 0 Å². The number of guanidine groups is 1. The Morgan fingerprint density at radius 1 is 1.23 bits per heavy atom. The third kappa shape index (κ3) is 3.64. The van der Waals surface area contributed by atoms with Crippen LogP contribution in [0, 0.1) is 0 Å². The van der Waals surface area contributed by atoms with Gasteiger partial charge in [0.25, 0.3) is 5.91 Å². The lowest BCUT2D eigenvalue weighted by molar-refractivity contribution is 0.100. The predicted octanol–water partition coefficient (Wildman–Crippen LogP) is 1.51. The number of nitrogens with zero attached hydrogens (tertiary/aromatic N) is 3. The van der Waals surface area contributed by atoms with Crippen molar-refractivity contribution in [2.24, 2.45) is 21.6 Å². The quantitative estimate of drug-likeness (QED) is 0.343. The van der Waals surface area contributed by atoms with Crippen LogP contribution in [0.4, 0.5) is 0 Å². The Kier molecular flexibility index (Phi) is 5.71. The maximum absolute atomic E-state index is 11.8. The zero-order valence-electron chi connectivity index (χ0n) is 11.8. The second kappa shape index (κ2) is 7.28. The molecule has 2 rings (SSSR count). The van der Waals surface area contributed by atoms with Crippen LogP contribution in [-0.4, -0.2) is 27.4 Å². The molecule has 0 saturated heterocycles. The topological polar surface area (TPSA) is 119 Å². The van der Waals surface area contributed by atoms with E-state index in [1.807, 2.05) is 12.1 Å². The van der Waals surface area contributed by atoms with Crippen molar-refractivity contribution in [2.45, 2.75) is 6.92 Å². The molecule has 0 atom stereocenters. The third-order valence-electron chi connectivity index (χ3n) is 2.87. The number of rotatable bonds is 3. The standard InChI is InChI=1S/C14H15N5O2.ClH/c1-9(18-21)12-6-3-7-19(12)11-5-2-4-10(8-11)13(20)17-14(15)16;/h2-8,21H,1H3,(H4,15,16,17,20);1H/b18-9+;. The lowest BCUT2D eigenvalue weighted by Crippen LogP contribution is -2.24. The van der Waals surface area contributed by atoms with E-state index in [-0.39, 0.29) is 18.4 Å². The largest absolute Gasteiger partial charge is 0.411 e. The Morgan fingerprint density at radius 3 is 2.59 bits per heavy atom. The number of oxime groups is 1. The van der Waals surface area contributed by atoms with Gasteiger partial charge in [0.05, 0.1) is 5.69 Å². The highest BCUT2D eigenvalue weighted by Gasteiger charge is 2.10. The fourth-order valence-electron chi connectivity index (χ4n) is 1.92. The second-order valence-electron chi connectivity index (χ2n) is 4.34. The molecule has 0 radical (unpaired) electrons. The summed E-state index contributed by atoms with van der Waals surface area (Å²) in [4.78, 5) is 15.3. The molecule has 0 aliphatic heterocycles. The number of carbonyl (C=O) groups excluding carboxylic acids is 1. The molecule has 0 unspecified atom stereocenters. The monoisotopic (exact) mass is 321 g/mol. The molecule has 5 N–H and O–H groups in total. The summed E-state index contributed by atoms with van der Waals surface area (Å²) in [6.07, 6.45) is 1.80. The Labute approximate surface area is 133 Å². The molecule has 0 fully saturated rings. The van der Waals surface area contributed by atoms with Crippen molar-refractivity contribution >= 4 is 30.0 Å². The number of carbonyl (C=O) groups is 1. The van der Waals surface area contributed by atoms with E-state index in [4.69, 9.17) is 16.7 Å². The van der Waals surface area contributed by atoms with Crippen molar-refractivity contribution in [3.05, 3.63) is 53.9 Å². The van der Waals surface area contributed by atoms with Gasteiger partial charge in [0.1, 0.15) is 5.71 Å². The number of aliphatic imine (C=N–C) groups is 1. The van der Waals surface area contributed by atoms with Crippen LogP contribution in [0.25, 0.3) is 5.69 Å². The molecule has 22 heavy (non-hydrogen) atoms. The lowest BCUT2D eigenvalue weighted by Gasteiger charge is -2.09. The average Bonchev–Trinajstić information content (AvgIpc) is 2.95. The number of amides is 1. The summed E-state index contributed by atoms with van der Waals surface area (Å²) in [6, 6.07) is 10.4. The van der Waals surface area contributed by atoms with Crippen LogP contribution in [0.2, 0.25) is 0 Å². The summed E-state index contributed by atoms with van der Waals surface area (Å²) < 4.78 is 1.79. The van der Waals surface area contributed by atoms with Crippen LogP contribution in [0.15, 0.2) is 52.7 Å². The van der Waals surface area contributed by atoms with Crippen LogP contribution in [0.1, 0.15) is 23.0 Å². The van der Waals surface area contributed by atoms with Crippen molar-refractivity contribution in [3.63, 3.8) is 0 Å². The maximum Gasteiger partial charge on any atom is 0.280 e. The first-order valence-electron chi connectivity index (χ1n) is 6.13. The molecular formula is C14H16ClN5O2. The van der Waals surface area contributed by atoms with Crippen LogP contribution < -0.4 is 11.5 Å². The molecule has 0 aliphatic rings. The predicted molar refractivity (Wildman–Crippen MR) is 87.2 cm³/mol. The molecule has 1 aromatic carbocycles. The van der Waals surface area contributed by atoms with Gasteiger partial charge in [-0.15, -0.1) is 12.4 Å². The average molecular weight is 322 g/mol. The molecule has 1 amide bonds. The zero-order valence-corrected chi connectivity index (χ0v) is 12.6. The van der Waals surface area contributed by atoms with E-state index in [9.17, 15) is 4.79 Å². The molecule has 1 aromatic heterocycles. The molecule has 2 aromatic rings. The van der Waals surface area contributed by atoms with Gasteiger partial charge in [-0.3, -0.25) is 4.79 Å². The number of benzene rings is 1. The summed E-state index contributed by atoms with van der Waals surface area (Å²) in [5, 5.41) is 12.1. The second-order valence-corrected chi connectivity index (χ2v) is 4.34. The zero-order chi connectivity index (χ0) is 15.4. The first-order chi connectivity index (χ1) is 10.0. The summed E-state index contributed by atoms with van der Waals surface area (Å²) in [5.41, 5.74) is 12.7. The lowest BCUT2D eigenvalue weighted by atomic mass is 10.2. The molecule has 1 heterocycles. The van der Waals surface area contributed by atoms with E-state index in [1.54, 1.807) is 42.0 Å². The summed E-state index contributed by atoms with van der Waals surface area (Å²) in [7, 11) is 0. The van der Waals surface area contributed by atoms with E-state index in [0.29, 0.717) is 17.0 Å². The van der Waals surface area contributed by atoms with Crippen molar-refractivity contribution < 1.29 is 10.0 Å². The molecular weight excluding hydrogens is 306 g/mol. The van der Waals surface area contributed by atoms with Crippen molar-refractivity contribution in [1.29, 1.82) is 0 Å². The highest BCUT2D eigenvalue weighted by molar-refractivity contribution is 6.02. The van der Waals surface area contributed by atoms with Gasteiger partial charge in [-0.1, -0.05) is 11.2 Å². The summed E-state index contributed by atoms with van der Waals surface area (Å²) in [5.74, 6) is -0.798. The highest BCUT2D eigenvalue weighted by Crippen LogP contribution is 2.16.